The number of hydrogen-bond donors (Lipinski definition) is 2. The van der Waals surface area contributed by atoms with Crippen molar-refractivity contribution in [2.24, 2.45) is 0 Å². The van der Waals surface area contributed by atoms with Crippen molar-refractivity contribution in [3.8, 4) is 0 Å². The topological polar surface area (TPSA) is 75.6 Å². The van der Waals surface area contributed by atoms with Crippen LogP contribution in [0.2, 0.25) is 0 Å². The van der Waals surface area contributed by atoms with E-state index >= 15 is 0 Å². The molecule has 126 valence electrons. The number of carboxylic acids is 1. The first-order valence-corrected chi connectivity index (χ1v) is 7.85. The number of rotatable bonds is 8. The van der Waals surface area contributed by atoms with Crippen molar-refractivity contribution in [2.75, 3.05) is 18.5 Å². The third kappa shape index (κ3) is 5.43. The first-order chi connectivity index (χ1) is 11.5. The number of benzene rings is 2. The van der Waals surface area contributed by atoms with E-state index in [1.807, 2.05) is 0 Å². The number of carbonyl (C=O) groups excluding carboxylic acids is 1. The van der Waals surface area contributed by atoms with Crippen LogP contribution in [0.4, 0.5) is 10.1 Å². The Balaban J connectivity index is 1.77. The summed E-state index contributed by atoms with van der Waals surface area (Å²) in [6, 6.07) is 10.8. The number of hydrogen-bond acceptors (Lipinski definition) is 4. The first-order valence-electron chi connectivity index (χ1n) is 7.06. The molecule has 0 saturated carbocycles. The minimum Gasteiger partial charge on any atom is -0.478 e. The van der Waals surface area contributed by atoms with E-state index in [-0.39, 0.29) is 31.1 Å². The van der Waals surface area contributed by atoms with E-state index in [1.165, 1.54) is 18.2 Å². The Labute approximate surface area is 146 Å². The van der Waals surface area contributed by atoms with Crippen LogP contribution < -0.4 is 5.32 Å². The van der Waals surface area contributed by atoms with Crippen LogP contribution in [0, 0.1) is 5.82 Å². The van der Waals surface area contributed by atoms with Crippen LogP contribution >= 0.6 is 15.9 Å². The molecule has 0 heterocycles. The zero-order chi connectivity index (χ0) is 17.5. The summed E-state index contributed by atoms with van der Waals surface area (Å²) in [5.41, 5.74) is 1.03. The normalized spacial score (nSPS) is 10.4. The maximum atomic E-state index is 13.6. The minimum absolute atomic E-state index is 0.000642. The highest BCUT2D eigenvalue weighted by molar-refractivity contribution is 9.10. The first kappa shape index (κ1) is 18.1. The predicted octanol–water partition coefficient (Wildman–Crippen LogP) is 3.48. The summed E-state index contributed by atoms with van der Waals surface area (Å²) in [4.78, 5) is 22.6. The number of Topliss-reactive ketones (excluding diaryl/α,β-unsaturated/α-hetero) is 1. The maximum absolute atomic E-state index is 13.6. The fourth-order valence-electron chi connectivity index (χ4n) is 1.93. The summed E-state index contributed by atoms with van der Waals surface area (Å²) >= 11 is 3.16. The van der Waals surface area contributed by atoms with Gasteiger partial charge in [-0.1, -0.05) is 28.1 Å². The van der Waals surface area contributed by atoms with Crippen molar-refractivity contribution >= 4 is 33.4 Å². The number of halogens is 2. The average Bonchev–Trinajstić information content (AvgIpc) is 2.55. The number of carboxylic acid groups (broad SMARTS) is 1. The Hall–Kier alpha value is -2.25. The van der Waals surface area contributed by atoms with Crippen molar-refractivity contribution < 1.29 is 23.8 Å². The molecule has 0 spiro atoms. The Morgan fingerprint density at radius 1 is 1.21 bits per heavy atom. The lowest BCUT2D eigenvalue weighted by Gasteiger charge is -2.08. The van der Waals surface area contributed by atoms with Crippen LogP contribution in [-0.4, -0.2) is 30.0 Å². The van der Waals surface area contributed by atoms with Gasteiger partial charge < -0.3 is 15.2 Å². The highest BCUT2D eigenvalue weighted by Gasteiger charge is 2.07. The van der Waals surface area contributed by atoms with Crippen LogP contribution in [0.1, 0.15) is 15.9 Å². The third-order valence-electron chi connectivity index (χ3n) is 3.13. The van der Waals surface area contributed by atoms with Gasteiger partial charge in [0, 0.05) is 15.7 Å². The van der Waals surface area contributed by atoms with Crippen molar-refractivity contribution in [2.45, 2.75) is 6.61 Å². The van der Waals surface area contributed by atoms with E-state index in [0.717, 1.165) is 0 Å². The van der Waals surface area contributed by atoms with Gasteiger partial charge in [-0.15, -0.1) is 0 Å². The number of anilines is 1. The van der Waals surface area contributed by atoms with E-state index in [1.54, 1.807) is 24.3 Å². The Morgan fingerprint density at radius 2 is 2.00 bits per heavy atom. The summed E-state index contributed by atoms with van der Waals surface area (Å²) in [6.45, 7) is -0.174. The molecule has 0 bridgehead atoms. The average molecular weight is 396 g/mol. The Bertz CT molecular complexity index is 751. The molecule has 2 aromatic rings. The minimum atomic E-state index is -1.04. The molecule has 0 fully saturated rings. The van der Waals surface area contributed by atoms with Crippen LogP contribution in [0.25, 0.3) is 0 Å². The molecule has 0 saturated heterocycles. The maximum Gasteiger partial charge on any atom is 0.335 e. The number of aromatic carboxylic acids is 1. The highest BCUT2D eigenvalue weighted by atomic mass is 79.9. The van der Waals surface area contributed by atoms with E-state index in [2.05, 4.69) is 21.2 Å². The fourth-order valence-corrected chi connectivity index (χ4v) is 2.26. The second-order valence-corrected chi connectivity index (χ2v) is 5.92. The van der Waals surface area contributed by atoms with Crippen molar-refractivity contribution in [3.63, 3.8) is 0 Å². The second-order valence-electron chi connectivity index (χ2n) is 5.01. The standard InChI is InChI=1S/C17H15BrFNO4/c18-13-5-4-12(16(19)7-13)9-24-10-15(21)8-20-14-3-1-2-11(6-14)17(22)23/h1-7,20H,8-10H2,(H,22,23). The van der Waals surface area contributed by atoms with Gasteiger partial charge in [0.25, 0.3) is 0 Å². The smallest absolute Gasteiger partial charge is 0.335 e. The molecular weight excluding hydrogens is 381 g/mol. The van der Waals surface area contributed by atoms with Gasteiger partial charge in [0.2, 0.25) is 0 Å². The molecule has 2 rings (SSSR count). The lowest BCUT2D eigenvalue weighted by atomic mass is 10.2. The molecule has 2 N–H and O–H groups in total. The van der Waals surface area contributed by atoms with Gasteiger partial charge in [-0.25, -0.2) is 9.18 Å². The molecule has 24 heavy (non-hydrogen) atoms. The van der Waals surface area contributed by atoms with Crippen molar-refractivity contribution in [3.05, 3.63) is 63.9 Å². The summed E-state index contributed by atoms with van der Waals surface area (Å²) in [6.07, 6.45) is 0. The molecule has 0 aliphatic rings. The van der Waals surface area contributed by atoms with Gasteiger partial charge in [0.15, 0.2) is 5.78 Å². The van der Waals surface area contributed by atoms with E-state index < -0.39 is 11.8 Å². The molecule has 0 radical (unpaired) electrons. The fraction of sp³-hybridized carbons (Fsp3) is 0.176. The van der Waals surface area contributed by atoms with Gasteiger partial charge in [-0.05, 0) is 30.3 Å². The quantitative estimate of drug-likeness (QED) is 0.715. The predicted molar refractivity (Wildman–Crippen MR) is 90.7 cm³/mol. The number of ether oxygens (including phenoxy) is 1. The molecule has 0 aliphatic heterocycles. The van der Waals surface area contributed by atoms with Gasteiger partial charge in [0.1, 0.15) is 12.4 Å². The van der Waals surface area contributed by atoms with Crippen LogP contribution in [0.3, 0.4) is 0 Å². The van der Waals surface area contributed by atoms with Gasteiger partial charge in [-0.3, -0.25) is 4.79 Å². The molecule has 7 heteroatoms. The summed E-state index contributed by atoms with van der Waals surface area (Å²) in [5, 5.41) is 11.7. The Kier molecular flexibility index (Phi) is 6.45. The van der Waals surface area contributed by atoms with Crippen molar-refractivity contribution in [1.29, 1.82) is 0 Å². The summed E-state index contributed by atoms with van der Waals surface area (Å²) in [7, 11) is 0. The number of ketones is 1. The lowest BCUT2D eigenvalue weighted by molar-refractivity contribution is -0.122. The molecule has 0 aromatic heterocycles. The van der Waals surface area contributed by atoms with E-state index in [9.17, 15) is 14.0 Å². The summed E-state index contributed by atoms with van der Waals surface area (Å²) in [5.74, 6) is -1.67. The second kappa shape index (κ2) is 8.56. The molecule has 0 amide bonds. The van der Waals surface area contributed by atoms with Crippen LogP contribution in [0.5, 0.6) is 0 Å². The lowest BCUT2D eigenvalue weighted by Crippen LogP contribution is -2.19. The van der Waals surface area contributed by atoms with Gasteiger partial charge >= 0.3 is 5.97 Å². The summed E-state index contributed by atoms with van der Waals surface area (Å²) < 4.78 is 19.4. The van der Waals surface area contributed by atoms with E-state index in [4.69, 9.17) is 9.84 Å². The highest BCUT2D eigenvalue weighted by Crippen LogP contribution is 2.16. The monoisotopic (exact) mass is 395 g/mol. The van der Waals surface area contributed by atoms with E-state index in [0.29, 0.717) is 15.7 Å². The van der Waals surface area contributed by atoms with Crippen LogP contribution in [0.15, 0.2) is 46.9 Å². The molecular formula is C17H15BrFNO4. The van der Waals surface area contributed by atoms with Gasteiger partial charge in [0.05, 0.1) is 18.7 Å². The number of carbonyl (C=O) groups is 2. The van der Waals surface area contributed by atoms with Crippen molar-refractivity contribution in [1.82, 2.24) is 0 Å². The Morgan fingerprint density at radius 3 is 2.71 bits per heavy atom. The molecule has 0 aliphatic carbocycles. The molecule has 0 atom stereocenters. The zero-order valence-electron chi connectivity index (χ0n) is 12.6. The third-order valence-corrected chi connectivity index (χ3v) is 3.63. The van der Waals surface area contributed by atoms with Crippen LogP contribution in [-0.2, 0) is 16.1 Å². The zero-order valence-corrected chi connectivity index (χ0v) is 14.2. The molecule has 0 unspecified atom stereocenters. The largest absolute Gasteiger partial charge is 0.478 e. The molecule has 2 aromatic carbocycles. The number of nitrogens with one attached hydrogen (secondary N) is 1. The SMILES string of the molecule is O=C(CNc1cccc(C(=O)O)c1)COCc1ccc(Br)cc1F. The molecule has 5 nitrogen and oxygen atoms in total. The van der Waals surface area contributed by atoms with Gasteiger partial charge in [-0.2, -0.15) is 0 Å².